The molecule has 0 spiro atoms. The van der Waals surface area contributed by atoms with Crippen molar-refractivity contribution >= 4 is 27.7 Å². The maximum Gasteiger partial charge on any atom is 0.335 e. The minimum atomic E-state index is -0.974. The molecule has 74 valence electrons. The van der Waals surface area contributed by atoms with Crippen LogP contribution in [-0.2, 0) is 11.2 Å². The van der Waals surface area contributed by atoms with Crippen LogP contribution >= 0.6 is 15.9 Å². The van der Waals surface area contributed by atoms with E-state index >= 15 is 0 Å². The number of Topliss-reactive ketones (excluding diaryl/α,β-unsaturated/α-hetero) is 1. The summed E-state index contributed by atoms with van der Waals surface area (Å²) in [5, 5.41) is 9.00. The lowest BCUT2D eigenvalue weighted by atomic mass is 10.1. The second-order valence-corrected chi connectivity index (χ2v) is 3.42. The Labute approximate surface area is 89.9 Å². The van der Waals surface area contributed by atoms with Crippen molar-refractivity contribution in [2.75, 3.05) is 5.33 Å². The maximum absolute atomic E-state index is 11.1. The standard InChI is InChI=1S/C10H9BrO3/c11-6-9(12)5-7-2-1-3-8(4-7)10(13)14/h1-4H,5-6H2,(H,13,14). The predicted octanol–water partition coefficient (Wildman–Crippen LogP) is 1.89. The van der Waals surface area contributed by atoms with Crippen LogP contribution in [0.5, 0.6) is 0 Å². The number of hydrogen-bond donors (Lipinski definition) is 1. The Hall–Kier alpha value is -1.16. The van der Waals surface area contributed by atoms with Crippen LogP contribution in [0, 0.1) is 0 Å². The third-order valence-electron chi connectivity index (χ3n) is 1.72. The maximum atomic E-state index is 11.1. The Morgan fingerprint density at radius 3 is 2.64 bits per heavy atom. The van der Waals surface area contributed by atoms with Gasteiger partial charge in [0, 0.05) is 6.42 Å². The number of carbonyl (C=O) groups is 2. The van der Waals surface area contributed by atoms with E-state index in [1.807, 2.05) is 0 Å². The number of rotatable bonds is 4. The van der Waals surface area contributed by atoms with Crippen molar-refractivity contribution in [3.8, 4) is 0 Å². The first-order chi connectivity index (χ1) is 6.63. The topological polar surface area (TPSA) is 54.4 Å². The van der Waals surface area contributed by atoms with Crippen LogP contribution in [0.1, 0.15) is 15.9 Å². The van der Waals surface area contributed by atoms with Crippen molar-refractivity contribution in [3.05, 3.63) is 35.4 Å². The summed E-state index contributed by atoms with van der Waals surface area (Å²) in [6, 6.07) is 6.40. The van der Waals surface area contributed by atoms with E-state index in [0.717, 1.165) is 5.56 Å². The molecule has 3 nitrogen and oxygen atoms in total. The highest BCUT2D eigenvalue weighted by molar-refractivity contribution is 9.09. The number of carboxylic acids is 1. The number of alkyl halides is 1. The Morgan fingerprint density at radius 2 is 2.07 bits per heavy atom. The van der Waals surface area contributed by atoms with E-state index in [-0.39, 0.29) is 17.8 Å². The molecule has 0 aliphatic rings. The fourth-order valence-electron chi connectivity index (χ4n) is 1.09. The monoisotopic (exact) mass is 256 g/mol. The van der Waals surface area contributed by atoms with Crippen molar-refractivity contribution in [2.24, 2.45) is 0 Å². The lowest BCUT2D eigenvalue weighted by Gasteiger charge is -2.00. The molecule has 0 amide bonds. The summed E-state index contributed by atoms with van der Waals surface area (Å²) in [6.07, 6.45) is 0.270. The summed E-state index contributed by atoms with van der Waals surface area (Å²) < 4.78 is 0. The SMILES string of the molecule is O=C(CBr)Cc1cccc(C(=O)O)c1. The molecule has 0 heterocycles. The molecule has 1 rings (SSSR count). The summed E-state index contributed by atoms with van der Waals surface area (Å²) in [6.45, 7) is 0. The van der Waals surface area contributed by atoms with E-state index in [2.05, 4.69) is 15.9 Å². The van der Waals surface area contributed by atoms with Gasteiger partial charge in [-0.2, -0.15) is 0 Å². The first-order valence-electron chi connectivity index (χ1n) is 4.03. The average Bonchev–Trinajstić information content (AvgIpc) is 2.18. The molecule has 0 saturated carbocycles. The molecular formula is C10H9BrO3. The number of benzene rings is 1. The van der Waals surface area contributed by atoms with Crippen LogP contribution in [-0.4, -0.2) is 22.2 Å². The average molecular weight is 257 g/mol. The highest BCUT2D eigenvalue weighted by Crippen LogP contribution is 2.07. The quantitative estimate of drug-likeness (QED) is 0.838. The molecule has 4 heteroatoms. The van der Waals surface area contributed by atoms with E-state index in [1.54, 1.807) is 12.1 Å². The summed E-state index contributed by atoms with van der Waals surface area (Å²) in [5.74, 6) is -0.939. The second kappa shape index (κ2) is 4.91. The first kappa shape index (κ1) is 10.9. The summed E-state index contributed by atoms with van der Waals surface area (Å²) in [5.41, 5.74) is 0.944. The van der Waals surface area contributed by atoms with Gasteiger partial charge in [0.25, 0.3) is 0 Å². The fourth-order valence-corrected chi connectivity index (χ4v) is 1.29. The normalized spacial score (nSPS) is 9.79. The molecule has 0 aliphatic heterocycles. The number of hydrogen-bond acceptors (Lipinski definition) is 2. The Bertz CT molecular complexity index is 360. The Morgan fingerprint density at radius 1 is 1.36 bits per heavy atom. The molecule has 0 bridgehead atoms. The molecule has 0 atom stereocenters. The molecule has 0 aliphatic carbocycles. The van der Waals surface area contributed by atoms with Crippen LogP contribution in [0.25, 0.3) is 0 Å². The van der Waals surface area contributed by atoms with Crippen LogP contribution in [0.2, 0.25) is 0 Å². The minimum Gasteiger partial charge on any atom is -0.478 e. The van der Waals surface area contributed by atoms with Crippen LogP contribution in [0.3, 0.4) is 0 Å². The van der Waals surface area contributed by atoms with Crippen molar-refractivity contribution in [1.82, 2.24) is 0 Å². The van der Waals surface area contributed by atoms with Crippen LogP contribution < -0.4 is 0 Å². The highest BCUT2D eigenvalue weighted by atomic mass is 79.9. The van der Waals surface area contributed by atoms with E-state index in [4.69, 9.17) is 5.11 Å². The lowest BCUT2D eigenvalue weighted by Crippen LogP contribution is -2.04. The number of carbonyl (C=O) groups excluding carboxylic acids is 1. The van der Waals surface area contributed by atoms with E-state index in [1.165, 1.54) is 12.1 Å². The minimum absolute atomic E-state index is 0.0348. The van der Waals surface area contributed by atoms with Crippen LogP contribution in [0.15, 0.2) is 24.3 Å². The molecule has 1 N–H and O–H groups in total. The zero-order valence-corrected chi connectivity index (χ0v) is 8.95. The summed E-state index contributed by atoms with van der Waals surface area (Å²) >= 11 is 3.05. The largest absolute Gasteiger partial charge is 0.478 e. The third kappa shape index (κ3) is 2.96. The molecule has 0 unspecified atom stereocenters. The number of aromatic carboxylic acids is 1. The molecule has 1 aromatic rings. The van der Waals surface area contributed by atoms with Gasteiger partial charge in [-0.1, -0.05) is 28.1 Å². The van der Waals surface area contributed by atoms with Crippen molar-refractivity contribution < 1.29 is 14.7 Å². The van der Waals surface area contributed by atoms with E-state index in [9.17, 15) is 9.59 Å². The fraction of sp³-hybridized carbons (Fsp3) is 0.200. The lowest BCUT2D eigenvalue weighted by molar-refractivity contribution is -0.115. The van der Waals surface area contributed by atoms with Crippen LogP contribution in [0.4, 0.5) is 0 Å². The first-order valence-corrected chi connectivity index (χ1v) is 5.15. The Kier molecular flexibility index (Phi) is 3.83. The second-order valence-electron chi connectivity index (χ2n) is 2.85. The van der Waals surface area contributed by atoms with Crippen molar-refractivity contribution in [2.45, 2.75) is 6.42 Å². The summed E-state index contributed by atoms with van der Waals surface area (Å²) in [4.78, 5) is 21.7. The zero-order valence-electron chi connectivity index (χ0n) is 7.37. The van der Waals surface area contributed by atoms with Gasteiger partial charge in [0.2, 0.25) is 0 Å². The van der Waals surface area contributed by atoms with Crippen molar-refractivity contribution in [1.29, 1.82) is 0 Å². The molecule has 0 fully saturated rings. The molecule has 0 aromatic heterocycles. The molecule has 0 saturated heterocycles. The van der Waals surface area contributed by atoms with Gasteiger partial charge in [-0.15, -0.1) is 0 Å². The molecule has 14 heavy (non-hydrogen) atoms. The van der Waals surface area contributed by atoms with Gasteiger partial charge in [-0.3, -0.25) is 4.79 Å². The van der Waals surface area contributed by atoms with Gasteiger partial charge in [0.05, 0.1) is 10.9 Å². The van der Waals surface area contributed by atoms with Gasteiger partial charge < -0.3 is 5.11 Å². The number of halogens is 1. The highest BCUT2D eigenvalue weighted by Gasteiger charge is 2.05. The van der Waals surface area contributed by atoms with E-state index < -0.39 is 5.97 Å². The van der Waals surface area contributed by atoms with Gasteiger partial charge in [-0.05, 0) is 17.7 Å². The van der Waals surface area contributed by atoms with E-state index in [0.29, 0.717) is 5.33 Å². The smallest absolute Gasteiger partial charge is 0.335 e. The number of carboxylic acid groups (broad SMARTS) is 1. The van der Waals surface area contributed by atoms with Crippen molar-refractivity contribution in [3.63, 3.8) is 0 Å². The van der Waals surface area contributed by atoms with Gasteiger partial charge in [0.1, 0.15) is 5.78 Å². The zero-order chi connectivity index (χ0) is 10.6. The third-order valence-corrected chi connectivity index (χ3v) is 2.35. The molecule has 0 radical (unpaired) electrons. The van der Waals surface area contributed by atoms with Gasteiger partial charge in [0.15, 0.2) is 0 Å². The van der Waals surface area contributed by atoms with Gasteiger partial charge in [-0.25, -0.2) is 4.79 Å². The Balaban J connectivity index is 2.83. The summed E-state index contributed by atoms with van der Waals surface area (Å²) in [7, 11) is 0. The molecule has 1 aromatic carbocycles. The van der Waals surface area contributed by atoms with Gasteiger partial charge >= 0.3 is 5.97 Å². The molecular weight excluding hydrogens is 248 g/mol. The number of ketones is 1. The predicted molar refractivity (Wildman–Crippen MR) is 55.9 cm³/mol.